The van der Waals surface area contributed by atoms with Gasteiger partial charge in [-0.05, 0) is 105 Å². The Hall–Kier alpha value is -8.14. The van der Waals surface area contributed by atoms with Gasteiger partial charge >= 0.3 is 5.97 Å². The van der Waals surface area contributed by atoms with Crippen LogP contribution in [-0.4, -0.2) is 147 Å². The van der Waals surface area contributed by atoms with Gasteiger partial charge in [-0.3, -0.25) is 42.9 Å². The summed E-state index contributed by atoms with van der Waals surface area (Å²) in [7, 11) is 3.08. The molecule has 0 spiro atoms. The van der Waals surface area contributed by atoms with Gasteiger partial charge in [0.05, 0.1) is 42.8 Å². The van der Waals surface area contributed by atoms with Crippen molar-refractivity contribution in [3.63, 3.8) is 0 Å². The molecule has 3 aromatic heterocycles. The monoisotopic (exact) mass is 1150 g/mol. The van der Waals surface area contributed by atoms with E-state index < -0.39 is 23.7 Å². The normalized spacial score (nSPS) is 15.1. The number of likely N-dealkylation sites (tertiary alicyclic amines) is 2. The number of carbonyl (C=O) groups is 7. The minimum Gasteiger partial charge on any atom is -0.468 e. The number of amides is 6. The van der Waals surface area contributed by atoms with E-state index in [0.29, 0.717) is 61.2 Å². The Morgan fingerprint density at radius 2 is 1.39 bits per heavy atom. The first-order valence-electron chi connectivity index (χ1n) is 29.0. The summed E-state index contributed by atoms with van der Waals surface area (Å²) in [6.07, 6.45) is 15.0. The zero-order valence-corrected chi connectivity index (χ0v) is 48.2. The van der Waals surface area contributed by atoms with Gasteiger partial charge in [0.1, 0.15) is 18.9 Å². The third kappa shape index (κ3) is 15.3. The number of unbranched alkanes of at least 4 members (excludes halogenated alkanes) is 4. The van der Waals surface area contributed by atoms with Crippen LogP contribution in [0.5, 0.6) is 0 Å². The number of ether oxygens (including phenoxy) is 1. The molecule has 3 saturated heterocycles. The lowest BCUT2D eigenvalue weighted by molar-refractivity contribution is -0.141. The number of piperidine rings is 3. The van der Waals surface area contributed by atoms with Crippen LogP contribution in [0.3, 0.4) is 0 Å². The van der Waals surface area contributed by atoms with Gasteiger partial charge in [-0.1, -0.05) is 55.1 Å². The summed E-state index contributed by atoms with van der Waals surface area (Å²) in [4.78, 5) is 104. The van der Waals surface area contributed by atoms with Crippen LogP contribution in [-0.2, 0) is 47.1 Å². The average Bonchev–Trinajstić information content (AvgIpc) is 4.12. The van der Waals surface area contributed by atoms with Crippen LogP contribution in [0.4, 0.5) is 17.3 Å². The Balaban J connectivity index is 0.670. The second-order valence-electron chi connectivity index (χ2n) is 21.8. The molecule has 83 heavy (non-hydrogen) atoms. The van der Waals surface area contributed by atoms with Crippen molar-refractivity contribution >= 4 is 92.1 Å². The van der Waals surface area contributed by atoms with Gasteiger partial charge in [-0.15, -0.1) is 0 Å². The SMILES string of the molecule is COC(=O)CNC(=O)CNC(=O)Cn1nc(C2CCN(C(=O)CCC(=O)NCCCCCCCC(=O)N3CCC(c4ccc(Nc5nc(N6CCCCC6)cnc5C(N)=O)cc4)CC3)CC2)c2c(-c3cc4c(cnn4C)cc3Cl)cccc21. The van der Waals surface area contributed by atoms with E-state index in [1.54, 1.807) is 26.7 Å². The first kappa shape index (κ1) is 59.5. The second-order valence-corrected chi connectivity index (χ2v) is 22.2. The molecule has 3 aromatic carbocycles. The highest BCUT2D eigenvalue weighted by Crippen LogP contribution is 2.42. The number of aromatic nitrogens is 6. The molecule has 6 aromatic rings. The number of anilines is 3. The quantitative estimate of drug-likeness (QED) is 0.0315. The number of aryl methyl sites for hydroxylation is 1. The van der Waals surface area contributed by atoms with E-state index in [1.165, 1.54) is 19.1 Å². The smallest absolute Gasteiger partial charge is 0.325 e. The zero-order chi connectivity index (χ0) is 58.4. The van der Waals surface area contributed by atoms with Crippen molar-refractivity contribution < 1.29 is 38.3 Å². The van der Waals surface area contributed by atoms with Gasteiger partial charge in [-0.2, -0.15) is 10.2 Å². The summed E-state index contributed by atoms with van der Waals surface area (Å²) in [6.45, 7) is 3.89. The van der Waals surface area contributed by atoms with E-state index in [4.69, 9.17) is 27.4 Å². The first-order chi connectivity index (χ1) is 40.2. The van der Waals surface area contributed by atoms with E-state index >= 15 is 0 Å². The van der Waals surface area contributed by atoms with E-state index in [1.807, 2.05) is 54.4 Å². The highest BCUT2D eigenvalue weighted by atomic mass is 35.5. The molecular weight excluding hydrogens is 1080 g/mol. The number of halogens is 1. The molecule has 0 aliphatic carbocycles. The van der Waals surface area contributed by atoms with Gasteiger partial charge in [0, 0.05) is 105 Å². The Labute approximate surface area is 487 Å². The van der Waals surface area contributed by atoms with Gasteiger partial charge < -0.3 is 46.4 Å². The van der Waals surface area contributed by atoms with Crippen LogP contribution in [0.15, 0.2) is 67.0 Å². The van der Waals surface area contributed by atoms with Crippen LogP contribution in [0.2, 0.25) is 5.02 Å². The van der Waals surface area contributed by atoms with Crippen molar-refractivity contribution in [1.82, 2.24) is 55.3 Å². The minimum atomic E-state index is -0.636. The minimum absolute atomic E-state index is 0.0676. The molecule has 6 heterocycles. The number of carbonyl (C=O) groups excluding carboxylic acids is 7. The summed E-state index contributed by atoms with van der Waals surface area (Å²) < 4.78 is 7.96. The number of hydrogen-bond donors (Lipinski definition) is 5. The highest BCUT2D eigenvalue weighted by Gasteiger charge is 2.30. The molecule has 6 N–H and O–H groups in total. The van der Waals surface area contributed by atoms with E-state index in [-0.39, 0.29) is 61.8 Å². The Bertz CT molecular complexity index is 3310. The van der Waals surface area contributed by atoms with Crippen molar-refractivity contribution in [2.24, 2.45) is 12.8 Å². The number of hydrogen-bond acceptors (Lipinski definition) is 14. The first-order valence-corrected chi connectivity index (χ1v) is 29.4. The van der Waals surface area contributed by atoms with Crippen molar-refractivity contribution in [2.45, 2.75) is 115 Å². The van der Waals surface area contributed by atoms with Gasteiger partial charge in [-0.25, -0.2) is 9.97 Å². The summed E-state index contributed by atoms with van der Waals surface area (Å²) in [5.41, 5.74) is 11.7. The number of rotatable bonds is 24. The maximum absolute atomic E-state index is 13.5. The van der Waals surface area contributed by atoms with Gasteiger partial charge in [0.25, 0.3) is 5.91 Å². The lowest BCUT2D eigenvalue weighted by atomic mass is 9.89. The molecule has 23 heteroatoms. The molecule has 3 aliphatic rings. The number of esters is 1. The summed E-state index contributed by atoms with van der Waals surface area (Å²) in [5.74, 6) is -0.926. The number of methoxy groups -OCH3 is 1. The predicted octanol–water partition coefficient (Wildman–Crippen LogP) is 6.62. The fraction of sp³-hybridized carbons (Fsp3) is 0.483. The van der Waals surface area contributed by atoms with E-state index in [2.05, 4.69) is 53.1 Å². The van der Waals surface area contributed by atoms with Crippen molar-refractivity contribution in [3.05, 3.63) is 89.0 Å². The number of fused-ring (bicyclic) bond motifs is 2. The maximum atomic E-state index is 13.5. The molecule has 0 unspecified atom stereocenters. The number of primary amides is 1. The van der Waals surface area contributed by atoms with Crippen molar-refractivity contribution in [1.29, 1.82) is 0 Å². The largest absolute Gasteiger partial charge is 0.468 e. The molecule has 0 atom stereocenters. The fourth-order valence-electron chi connectivity index (χ4n) is 11.5. The van der Waals surface area contributed by atoms with Crippen LogP contribution in [0.1, 0.15) is 130 Å². The van der Waals surface area contributed by atoms with E-state index in [9.17, 15) is 33.6 Å². The molecule has 0 bridgehead atoms. The third-order valence-corrected chi connectivity index (χ3v) is 16.5. The molecular formula is C60H75ClN14O8. The van der Waals surface area contributed by atoms with Crippen molar-refractivity contribution in [2.75, 3.05) is 76.2 Å². The maximum Gasteiger partial charge on any atom is 0.325 e. The van der Waals surface area contributed by atoms with E-state index in [0.717, 1.165) is 129 Å². The topological polar surface area (TPSA) is 274 Å². The molecule has 0 radical (unpaired) electrons. The molecule has 440 valence electrons. The lowest BCUT2D eigenvalue weighted by Crippen LogP contribution is -2.40. The predicted molar refractivity (Wildman–Crippen MR) is 316 cm³/mol. The molecule has 22 nitrogen and oxygen atoms in total. The Morgan fingerprint density at radius 3 is 2.11 bits per heavy atom. The molecule has 6 amide bonds. The van der Waals surface area contributed by atoms with Crippen LogP contribution in [0, 0.1) is 0 Å². The van der Waals surface area contributed by atoms with Crippen LogP contribution < -0.4 is 31.9 Å². The number of nitrogens with zero attached hydrogens (tertiary/aromatic N) is 9. The summed E-state index contributed by atoms with van der Waals surface area (Å²) in [5, 5.41) is 22.9. The molecule has 3 fully saturated rings. The Morgan fingerprint density at radius 1 is 0.699 bits per heavy atom. The number of nitrogens with two attached hydrogens (primary N) is 1. The fourth-order valence-corrected chi connectivity index (χ4v) is 11.8. The molecule has 0 saturated carbocycles. The zero-order valence-electron chi connectivity index (χ0n) is 47.4. The Kier molecular flexibility index (Phi) is 20.2. The molecule has 9 rings (SSSR count). The third-order valence-electron chi connectivity index (χ3n) is 16.2. The summed E-state index contributed by atoms with van der Waals surface area (Å²) in [6, 6.07) is 17.8. The van der Waals surface area contributed by atoms with Gasteiger partial charge in [0.15, 0.2) is 11.5 Å². The number of nitrogens with one attached hydrogen (secondary N) is 4. The summed E-state index contributed by atoms with van der Waals surface area (Å²) >= 11 is 6.96. The lowest BCUT2D eigenvalue weighted by Gasteiger charge is -2.32. The van der Waals surface area contributed by atoms with Gasteiger partial charge in [0.2, 0.25) is 29.5 Å². The van der Waals surface area contributed by atoms with Crippen LogP contribution in [0.25, 0.3) is 32.9 Å². The second kappa shape index (κ2) is 28.2. The highest BCUT2D eigenvalue weighted by molar-refractivity contribution is 6.34. The number of benzene rings is 3. The molecule has 3 aliphatic heterocycles. The average molecular weight is 1160 g/mol. The standard InChI is InChI=1S/C60H75ClN14O8/c1-71-48-33-45(46(61)32-42(48)34-67-71)44-12-11-13-47-56(44)57(70-75(47)38-52(78)64-36-51(77)65-37-55(81)83-2)41-23-30-74(31-24-41)54(80)20-19-50(76)63-25-8-5-3-4-7-14-53(79)73-28-21-40(22-29-73)39-15-17-43(18-16-39)68-60-58(59(62)82)66-35-49(69-60)72-26-9-6-10-27-72/h11-13,15-18,32-35,40-41H,3-10,14,19-31,36-38H2,1-2H3,(H2,62,82)(H,63,76)(H,64,78)(H,65,77)(H,68,69). The van der Waals surface area contributed by atoms with Crippen LogP contribution >= 0.6 is 11.6 Å². The van der Waals surface area contributed by atoms with Crippen molar-refractivity contribution in [3.8, 4) is 11.1 Å².